The molecule has 0 atom stereocenters. The van der Waals surface area contributed by atoms with Gasteiger partial charge < -0.3 is 9.80 Å². The Kier molecular flexibility index (Phi) is 5.98. The third-order valence-corrected chi connectivity index (χ3v) is 4.94. The minimum Gasteiger partial charge on any atom is -0.368 e. The van der Waals surface area contributed by atoms with Crippen molar-refractivity contribution < 1.29 is 9.72 Å². The smallest absolute Gasteiger partial charge is 0.288 e. The summed E-state index contributed by atoms with van der Waals surface area (Å²) >= 11 is 11.7. The van der Waals surface area contributed by atoms with E-state index in [1.54, 1.807) is 17.0 Å². The Morgan fingerprint density at radius 2 is 1.70 bits per heavy atom. The molecule has 0 bridgehead atoms. The SMILES string of the molecule is O=C(/C=C/c1ccc(Cl)c([N+](=O)[O-])c1)N1CCN(c2ccc(Cl)cc2)CC1. The molecule has 27 heavy (non-hydrogen) atoms. The number of rotatable bonds is 4. The molecule has 0 unspecified atom stereocenters. The molecule has 0 spiro atoms. The Morgan fingerprint density at radius 3 is 2.33 bits per heavy atom. The van der Waals surface area contributed by atoms with Crippen LogP contribution in [0, 0.1) is 10.1 Å². The van der Waals surface area contributed by atoms with Crippen LogP contribution in [-0.2, 0) is 4.79 Å². The topological polar surface area (TPSA) is 66.7 Å². The molecule has 0 aromatic heterocycles. The number of hydrogen-bond acceptors (Lipinski definition) is 4. The minimum atomic E-state index is -0.544. The van der Waals surface area contributed by atoms with Crippen molar-refractivity contribution in [1.29, 1.82) is 0 Å². The molecule has 1 heterocycles. The summed E-state index contributed by atoms with van der Waals surface area (Å²) in [6.45, 7) is 2.67. The third-order valence-electron chi connectivity index (χ3n) is 4.37. The molecular formula is C19H17Cl2N3O3. The van der Waals surface area contributed by atoms with E-state index in [4.69, 9.17) is 23.2 Å². The van der Waals surface area contributed by atoms with Crippen molar-refractivity contribution in [3.63, 3.8) is 0 Å². The van der Waals surface area contributed by atoms with Crippen molar-refractivity contribution >= 4 is 46.6 Å². The average molecular weight is 406 g/mol. The van der Waals surface area contributed by atoms with Gasteiger partial charge in [-0.05, 0) is 42.0 Å². The number of piperazine rings is 1. The number of nitro groups is 1. The molecule has 1 aliphatic rings. The van der Waals surface area contributed by atoms with Crippen molar-refractivity contribution in [3.05, 3.63) is 74.3 Å². The van der Waals surface area contributed by atoms with Crippen molar-refractivity contribution in [2.24, 2.45) is 0 Å². The van der Waals surface area contributed by atoms with Crippen LogP contribution in [0.4, 0.5) is 11.4 Å². The first-order chi connectivity index (χ1) is 12.9. The lowest BCUT2D eigenvalue weighted by Crippen LogP contribution is -2.48. The summed E-state index contributed by atoms with van der Waals surface area (Å²) in [4.78, 5) is 26.7. The van der Waals surface area contributed by atoms with Gasteiger partial charge in [0, 0.05) is 49.0 Å². The molecule has 8 heteroatoms. The van der Waals surface area contributed by atoms with Gasteiger partial charge in [-0.3, -0.25) is 14.9 Å². The molecule has 1 aliphatic heterocycles. The fourth-order valence-corrected chi connectivity index (χ4v) is 3.20. The largest absolute Gasteiger partial charge is 0.368 e. The maximum atomic E-state index is 12.4. The van der Waals surface area contributed by atoms with Gasteiger partial charge in [-0.2, -0.15) is 0 Å². The van der Waals surface area contributed by atoms with E-state index < -0.39 is 4.92 Å². The summed E-state index contributed by atoms with van der Waals surface area (Å²) in [6, 6.07) is 12.1. The second-order valence-electron chi connectivity index (χ2n) is 6.09. The van der Waals surface area contributed by atoms with E-state index >= 15 is 0 Å². The number of carbonyl (C=O) groups excluding carboxylic acids is 1. The van der Waals surface area contributed by atoms with E-state index in [1.807, 2.05) is 24.3 Å². The molecular weight excluding hydrogens is 389 g/mol. The van der Waals surface area contributed by atoms with Crippen LogP contribution in [0.1, 0.15) is 5.56 Å². The summed E-state index contributed by atoms with van der Waals surface area (Å²) in [5.74, 6) is -0.122. The van der Waals surface area contributed by atoms with Crippen LogP contribution in [-0.4, -0.2) is 41.9 Å². The number of amides is 1. The lowest BCUT2D eigenvalue weighted by atomic mass is 10.2. The molecule has 1 fully saturated rings. The number of benzene rings is 2. The van der Waals surface area contributed by atoms with Gasteiger partial charge in [0.1, 0.15) is 5.02 Å². The van der Waals surface area contributed by atoms with Crippen LogP contribution >= 0.6 is 23.2 Å². The summed E-state index contributed by atoms with van der Waals surface area (Å²) in [6.07, 6.45) is 3.00. The number of halogens is 2. The van der Waals surface area contributed by atoms with E-state index in [-0.39, 0.29) is 16.6 Å². The highest BCUT2D eigenvalue weighted by Gasteiger charge is 2.20. The maximum absolute atomic E-state index is 12.4. The Hall–Kier alpha value is -2.57. The highest BCUT2D eigenvalue weighted by molar-refractivity contribution is 6.32. The molecule has 0 aliphatic carbocycles. The highest BCUT2D eigenvalue weighted by atomic mass is 35.5. The first-order valence-corrected chi connectivity index (χ1v) is 9.11. The van der Waals surface area contributed by atoms with Gasteiger partial charge in [-0.1, -0.05) is 29.3 Å². The van der Waals surface area contributed by atoms with Crippen molar-refractivity contribution in [2.75, 3.05) is 31.1 Å². The Balaban J connectivity index is 1.59. The Morgan fingerprint density at radius 1 is 1.04 bits per heavy atom. The molecule has 2 aromatic carbocycles. The normalized spacial score (nSPS) is 14.6. The lowest BCUT2D eigenvalue weighted by molar-refractivity contribution is -0.384. The summed E-state index contributed by atoms with van der Waals surface area (Å²) < 4.78 is 0. The molecule has 140 valence electrons. The maximum Gasteiger partial charge on any atom is 0.288 e. The molecule has 6 nitrogen and oxygen atoms in total. The van der Waals surface area contributed by atoms with Gasteiger partial charge in [0.15, 0.2) is 0 Å². The van der Waals surface area contributed by atoms with E-state index in [9.17, 15) is 14.9 Å². The number of hydrogen-bond donors (Lipinski definition) is 0. The van der Waals surface area contributed by atoms with Gasteiger partial charge in [0.25, 0.3) is 5.69 Å². The summed E-state index contributed by atoms with van der Waals surface area (Å²) in [5.41, 5.74) is 1.46. The fourth-order valence-electron chi connectivity index (χ4n) is 2.88. The van der Waals surface area contributed by atoms with E-state index in [1.165, 1.54) is 18.2 Å². The Bertz CT molecular complexity index is 876. The number of nitrogens with zero attached hydrogens (tertiary/aromatic N) is 3. The number of carbonyl (C=O) groups is 1. The van der Waals surface area contributed by atoms with Gasteiger partial charge in [0.2, 0.25) is 5.91 Å². The quantitative estimate of drug-likeness (QED) is 0.432. The van der Waals surface area contributed by atoms with Crippen molar-refractivity contribution in [1.82, 2.24) is 4.90 Å². The Labute approximate surface area is 166 Å². The van der Waals surface area contributed by atoms with Gasteiger partial charge in [0.05, 0.1) is 4.92 Å². The monoisotopic (exact) mass is 405 g/mol. The zero-order valence-corrected chi connectivity index (χ0v) is 15.9. The first kappa shape index (κ1) is 19.2. The minimum absolute atomic E-state index is 0.0711. The highest BCUT2D eigenvalue weighted by Crippen LogP contribution is 2.25. The van der Waals surface area contributed by atoms with Gasteiger partial charge >= 0.3 is 0 Å². The lowest BCUT2D eigenvalue weighted by Gasteiger charge is -2.35. The fraction of sp³-hybridized carbons (Fsp3) is 0.211. The van der Waals surface area contributed by atoms with Crippen LogP contribution in [0.3, 0.4) is 0 Å². The van der Waals surface area contributed by atoms with Crippen LogP contribution in [0.25, 0.3) is 6.08 Å². The van der Waals surface area contributed by atoms with Gasteiger partial charge in [-0.25, -0.2) is 0 Å². The number of anilines is 1. The second-order valence-corrected chi connectivity index (χ2v) is 6.93. The van der Waals surface area contributed by atoms with Crippen LogP contribution in [0.15, 0.2) is 48.5 Å². The van der Waals surface area contributed by atoms with Crippen LogP contribution < -0.4 is 4.90 Å². The first-order valence-electron chi connectivity index (χ1n) is 8.35. The molecule has 2 aromatic rings. The standard InChI is InChI=1S/C19H17Cl2N3O3/c20-15-3-5-16(6-4-15)22-9-11-23(12-10-22)19(25)8-2-14-1-7-17(21)18(13-14)24(26)27/h1-8,13H,9-12H2/b8-2+. The van der Waals surface area contributed by atoms with Gasteiger partial charge in [-0.15, -0.1) is 0 Å². The van der Waals surface area contributed by atoms with E-state index in [2.05, 4.69) is 4.90 Å². The zero-order chi connectivity index (χ0) is 19.4. The van der Waals surface area contributed by atoms with E-state index in [0.29, 0.717) is 23.7 Å². The average Bonchev–Trinajstić information content (AvgIpc) is 2.67. The van der Waals surface area contributed by atoms with E-state index in [0.717, 1.165) is 18.8 Å². The molecule has 0 radical (unpaired) electrons. The summed E-state index contributed by atoms with van der Waals surface area (Å²) in [7, 11) is 0. The van der Waals surface area contributed by atoms with Crippen LogP contribution in [0.2, 0.25) is 10.0 Å². The molecule has 3 rings (SSSR count). The van der Waals surface area contributed by atoms with Crippen molar-refractivity contribution in [2.45, 2.75) is 0 Å². The summed E-state index contributed by atoms with van der Waals surface area (Å²) in [5, 5.41) is 11.7. The predicted octanol–water partition coefficient (Wildman–Crippen LogP) is 4.26. The predicted molar refractivity (Wildman–Crippen MR) is 107 cm³/mol. The zero-order valence-electron chi connectivity index (χ0n) is 14.3. The third kappa shape index (κ3) is 4.78. The molecule has 1 amide bonds. The number of nitro benzene ring substituents is 1. The molecule has 1 saturated heterocycles. The van der Waals surface area contributed by atoms with Crippen molar-refractivity contribution in [3.8, 4) is 0 Å². The molecule has 0 saturated carbocycles. The van der Waals surface area contributed by atoms with Crippen LogP contribution in [0.5, 0.6) is 0 Å². The molecule has 0 N–H and O–H groups in total. The second kappa shape index (κ2) is 8.41.